The highest BCUT2D eigenvalue weighted by Gasteiger charge is 2.37. The van der Waals surface area contributed by atoms with Gasteiger partial charge in [-0.25, -0.2) is 0 Å². The van der Waals surface area contributed by atoms with E-state index in [0.29, 0.717) is 6.42 Å². The summed E-state index contributed by atoms with van der Waals surface area (Å²) < 4.78 is 0. The molecule has 0 spiro atoms. The van der Waals surface area contributed by atoms with Gasteiger partial charge in [0.25, 0.3) is 0 Å². The number of benzene rings is 1. The molecule has 3 rings (SSSR count). The molecule has 112 valence electrons. The zero-order valence-electron chi connectivity index (χ0n) is 12.7. The molecule has 0 bridgehead atoms. The van der Waals surface area contributed by atoms with E-state index in [2.05, 4.69) is 12.2 Å². The fourth-order valence-corrected chi connectivity index (χ4v) is 3.33. The third-order valence-corrected chi connectivity index (χ3v) is 4.46. The Morgan fingerprint density at radius 3 is 3.00 bits per heavy atom. The van der Waals surface area contributed by atoms with Crippen LogP contribution in [0.15, 0.2) is 12.1 Å². The molecule has 2 heterocycles. The lowest BCUT2D eigenvalue weighted by molar-refractivity contribution is -0.119. The minimum absolute atomic E-state index is 0.0636. The summed E-state index contributed by atoms with van der Waals surface area (Å²) in [4.78, 5) is 26.1. The Kier molecular flexibility index (Phi) is 3.70. The molecule has 2 aliphatic heterocycles. The maximum absolute atomic E-state index is 12.3. The molecule has 0 unspecified atom stereocenters. The molecule has 1 aromatic carbocycles. The molecular weight excluding hydrogens is 264 g/mol. The van der Waals surface area contributed by atoms with Crippen molar-refractivity contribution in [3.05, 3.63) is 23.3 Å². The van der Waals surface area contributed by atoms with Crippen LogP contribution in [0.4, 0.5) is 11.4 Å². The van der Waals surface area contributed by atoms with Crippen LogP contribution in [0.3, 0.4) is 0 Å². The van der Waals surface area contributed by atoms with Gasteiger partial charge in [-0.1, -0.05) is 13.3 Å². The number of anilines is 2. The van der Waals surface area contributed by atoms with E-state index in [1.165, 1.54) is 5.56 Å². The summed E-state index contributed by atoms with van der Waals surface area (Å²) in [7, 11) is 0. The van der Waals surface area contributed by atoms with Gasteiger partial charge in [-0.2, -0.15) is 0 Å². The second kappa shape index (κ2) is 5.51. The Labute approximate surface area is 125 Å². The summed E-state index contributed by atoms with van der Waals surface area (Å²) in [6, 6.07) is 4.02. The van der Waals surface area contributed by atoms with Crippen molar-refractivity contribution in [1.29, 1.82) is 0 Å². The second-order valence-electron chi connectivity index (χ2n) is 6.04. The summed E-state index contributed by atoms with van der Waals surface area (Å²) in [5.41, 5.74) is 4.21. The molecule has 0 fully saturated rings. The number of hydrogen-bond donors (Lipinski definition) is 1. The molecule has 1 atom stereocenters. The third kappa shape index (κ3) is 2.43. The van der Waals surface area contributed by atoms with E-state index in [9.17, 15) is 9.59 Å². The number of nitrogens with one attached hydrogen (secondary N) is 1. The maximum atomic E-state index is 12.3. The number of unbranched alkanes of at least 4 members (excludes halogenated alkanes) is 1. The lowest BCUT2D eigenvalue weighted by Crippen LogP contribution is -2.32. The normalized spacial score (nSPS) is 19.6. The Morgan fingerprint density at radius 2 is 2.24 bits per heavy atom. The Balaban J connectivity index is 1.89. The Morgan fingerprint density at radius 1 is 1.43 bits per heavy atom. The molecule has 0 aliphatic carbocycles. The van der Waals surface area contributed by atoms with Crippen LogP contribution in [0.1, 0.15) is 56.6 Å². The topological polar surface area (TPSA) is 49.4 Å². The summed E-state index contributed by atoms with van der Waals surface area (Å²) >= 11 is 0. The standard InChI is InChI=1S/C17H22N2O2/c1-3-4-7-15(20)18-13-9-12-6-5-8-19-16(12)14(10-13)11(2)17(19)21/h9-11H,3-8H2,1-2H3,(H,18,20)/t11-/m1/s1. The van der Waals surface area contributed by atoms with Crippen LogP contribution in [0, 0.1) is 0 Å². The quantitative estimate of drug-likeness (QED) is 0.924. The molecule has 1 N–H and O–H groups in total. The van der Waals surface area contributed by atoms with Crippen LogP contribution in [-0.4, -0.2) is 18.4 Å². The van der Waals surface area contributed by atoms with E-state index in [0.717, 1.165) is 49.2 Å². The summed E-state index contributed by atoms with van der Waals surface area (Å²) in [6.45, 7) is 4.86. The number of aryl methyl sites for hydroxylation is 1. The molecule has 4 heteroatoms. The molecule has 0 aromatic heterocycles. The van der Waals surface area contributed by atoms with Gasteiger partial charge in [0.1, 0.15) is 0 Å². The molecule has 0 radical (unpaired) electrons. The largest absolute Gasteiger partial charge is 0.326 e. The Bertz CT molecular complexity index is 595. The van der Waals surface area contributed by atoms with Gasteiger partial charge in [-0.05, 0) is 49.4 Å². The molecule has 2 amide bonds. The van der Waals surface area contributed by atoms with E-state index >= 15 is 0 Å². The number of amides is 2. The van der Waals surface area contributed by atoms with Gasteiger partial charge in [-0.3, -0.25) is 9.59 Å². The average Bonchev–Trinajstić information content (AvgIpc) is 2.72. The van der Waals surface area contributed by atoms with Crippen molar-refractivity contribution in [2.45, 2.75) is 51.9 Å². The number of nitrogens with zero attached hydrogens (tertiary/aromatic N) is 1. The fraction of sp³-hybridized carbons (Fsp3) is 0.529. The van der Waals surface area contributed by atoms with Gasteiger partial charge in [0.05, 0.1) is 11.6 Å². The molecule has 4 nitrogen and oxygen atoms in total. The first-order chi connectivity index (χ1) is 10.1. The lowest BCUT2D eigenvalue weighted by atomic mass is 9.96. The van der Waals surface area contributed by atoms with Crippen molar-refractivity contribution >= 4 is 23.2 Å². The highest BCUT2D eigenvalue weighted by molar-refractivity contribution is 6.06. The lowest BCUT2D eigenvalue weighted by Gasteiger charge is -2.26. The molecule has 2 aliphatic rings. The smallest absolute Gasteiger partial charge is 0.234 e. The monoisotopic (exact) mass is 286 g/mol. The van der Waals surface area contributed by atoms with Crippen LogP contribution in [0.2, 0.25) is 0 Å². The van der Waals surface area contributed by atoms with Crippen molar-refractivity contribution in [2.75, 3.05) is 16.8 Å². The number of carbonyl (C=O) groups excluding carboxylic acids is 2. The van der Waals surface area contributed by atoms with Gasteiger partial charge in [-0.15, -0.1) is 0 Å². The summed E-state index contributed by atoms with van der Waals surface area (Å²) in [5, 5.41) is 2.99. The van der Waals surface area contributed by atoms with E-state index in [1.54, 1.807) is 0 Å². The predicted molar refractivity (Wildman–Crippen MR) is 83.7 cm³/mol. The zero-order valence-corrected chi connectivity index (χ0v) is 12.7. The molecule has 0 saturated heterocycles. The van der Waals surface area contributed by atoms with Gasteiger partial charge in [0.15, 0.2) is 0 Å². The second-order valence-corrected chi connectivity index (χ2v) is 6.04. The maximum Gasteiger partial charge on any atom is 0.234 e. The predicted octanol–water partition coefficient (Wildman–Crippen LogP) is 3.21. The summed E-state index contributed by atoms with van der Waals surface area (Å²) in [5.74, 6) is 0.165. The Hall–Kier alpha value is -1.84. The first-order valence-electron chi connectivity index (χ1n) is 7.90. The number of rotatable bonds is 4. The van der Waals surface area contributed by atoms with Crippen LogP contribution in [0.25, 0.3) is 0 Å². The third-order valence-electron chi connectivity index (χ3n) is 4.46. The minimum Gasteiger partial charge on any atom is -0.326 e. The number of carbonyl (C=O) groups is 2. The molecular formula is C17H22N2O2. The van der Waals surface area contributed by atoms with Crippen molar-refractivity contribution in [1.82, 2.24) is 0 Å². The van der Waals surface area contributed by atoms with E-state index < -0.39 is 0 Å². The minimum atomic E-state index is -0.0932. The number of hydrogen-bond acceptors (Lipinski definition) is 2. The van der Waals surface area contributed by atoms with Crippen LogP contribution >= 0.6 is 0 Å². The first-order valence-corrected chi connectivity index (χ1v) is 7.90. The van der Waals surface area contributed by atoms with Crippen LogP contribution in [0.5, 0.6) is 0 Å². The molecule has 21 heavy (non-hydrogen) atoms. The molecule has 0 saturated carbocycles. The highest BCUT2D eigenvalue weighted by Crippen LogP contribution is 2.44. The van der Waals surface area contributed by atoms with Crippen molar-refractivity contribution in [2.24, 2.45) is 0 Å². The van der Waals surface area contributed by atoms with E-state index in [-0.39, 0.29) is 17.7 Å². The average molecular weight is 286 g/mol. The van der Waals surface area contributed by atoms with E-state index in [4.69, 9.17) is 0 Å². The first kappa shape index (κ1) is 14.1. The van der Waals surface area contributed by atoms with Crippen LogP contribution < -0.4 is 10.2 Å². The summed E-state index contributed by atoms with van der Waals surface area (Å²) in [6.07, 6.45) is 4.47. The van der Waals surface area contributed by atoms with Gasteiger partial charge < -0.3 is 10.2 Å². The van der Waals surface area contributed by atoms with Crippen molar-refractivity contribution < 1.29 is 9.59 Å². The van der Waals surface area contributed by atoms with Crippen molar-refractivity contribution in [3.63, 3.8) is 0 Å². The SMILES string of the molecule is CCCCC(=O)Nc1cc2c3c(c1)[C@@H](C)C(=O)N3CCC2. The van der Waals surface area contributed by atoms with Gasteiger partial charge in [0.2, 0.25) is 11.8 Å². The van der Waals surface area contributed by atoms with Gasteiger partial charge in [0, 0.05) is 18.7 Å². The highest BCUT2D eigenvalue weighted by atomic mass is 16.2. The van der Waals surface area contributed by atoms with E-state index in [1.807, 2.05) is 24.0 Å². The van der Waals surface area contributed by atoms with Gasteiger partial charge >= 0.3 is 0 Å². The molecule has 1 aromatic rings. The fourth-order valence-electron chi connectivity index (χ4n) is 3.33. The van der Waals surface area contributed by atoms with Crippen molar-refractivity contribution in [3.8, 4) is 0 Å². The van der Waals surface area contributed by atoms with Crippen LogP contribution in [-0.2, 0) is 16.0 Å². The zero-order chi connectivity index (χ0) is 15.0.